The molecular formula is C46H89O10P. The highest BCUT2D eigenvalue weighted by Gasteiger charge is 2.27. The summed E-state index contributed by atoms with van der Waals surface area (Å²) in [5.41, 5.74) is 0. The monoisotopic (exact) mass is 833 g/mol. The predicted octanol–water partition coefficient (Wildman–Crippen LogP) is 12.8. The molecule has 0 aromatic rings. The van der Waals surface area contributed by atoms with Crippen molar-refractivity contribution < 1.29 is 47.8 Å². The predicted molar refractivity (Wildman–Crippen MR) is 233 cm³/mol. The molecule has 0 aromatic carbocycles. The van der Waals surface area contributed by atoms with Gasteiger partial charge in [-0.15, -0.1) is 0 Å². The summed E-state index contributed by atoms with van der Waals surface area (Å²) in [6.07, 6.45) is 41.8. The summed E-state index contributed by atoms with van der Waals surface area (Å²) in [7, 11) is -4.62. The third-order valence-electron chi connectivity index (χ3n) is 10.4. The number of phosphoric ester groups is 1. The molecule has 0 heterocycles. The van der Waals surface area contributed by atoms with Crippen molar-refractivity contribution >= 4 is 19.8 Å². The smallest absolute Gasteiger partial charge is 0.462 e. The van der Waals surface area contributed by atoms with Crippen molar-refractivity contribution in [3.63, 3.8) is 0 Å². The van der Waals surface area contributed by atoms with Crippen molar-refractivity contribution in [3.8, 4) is 0 Å². The zero-order valence-corrected chi connectivity index (χ0v) is 37.7. The van der Waals surface area contributed by atoms with Crippen molar-refractivity contribution in [3.05, 3.63) is 12.2 Å². The van der Waals surface area contributed by atoms with E-state index in [1.807, 2.05) is 0 Å². The van der Waals surface area contributed by atoms with Gasteiger partial charge < -0.3 is 24.6 Å². The van der Waals surface area contributed by atoms with Gasteiger partial charge in [-0.2, -0.15) is 0 Å². The number of aliphatic hydroxyl groups is 2. The Hall–Kier alpha value is -1.29. The fourth-order valence-electron chi connectivity index (χ4n) is 6.75. The van der Waals surface area contributed by atoms with E-state index in [9.17, 15) is 24.2 Å². The van der Waals surface area contributed by atoms with Gasteiger partial charge in [0.1, 0.15) is 12.7 Å². The molecule has 0 rings (SSSR count). The van der Waals surface area contributed by atoms with Gasteiger partial charge in [-0.05, 0) is 38.5 Å². The van der Waals surface area contributed by atoms with Crippen molar-refractivity contribution in [2.24, 2.45) is 0 Å². The number of unbranched alkanes of at least 4 members (excludes halogenated alkanes) is 29. The molecule has 3 atom stereocenters. The second-order valence-corrected chi connectivity index (χ2v) is 17.6. The van der Waals surface area contributed by atoms with E-state index in [1.165, 1.54) is 135 Å². The molecule has 0 amide bonds. The third kappa shape index (κ3) is 42.6. The van der Waals surface area contributed by atoms with Crippen LogP contribution >= 0.6 is 7.82 Å². The maximum absolute atomic E-state index is 12.6. The largest absolute Gasteiger partial charge is 0.472 e. The van der Waals surface area contributed by atoms with Gasteiger partial charge in [-0.25, -0.2) is 4.57 Å². The minimum absolute atomic E-state index is 0.179. The van der Waals surface area contributed by atoms with Crippen molar-refractivity contribution in [1.29, 1.82) is 0 Å². The van der Waals surface area contributed by atoms with Gasteiger partial charge in [-0.1, -0.05) is 193 Å². The molecule has 0 saturated heterocycles. The van der Waals surface area contributed by atoms with Gasteiger partial charge in [0.25, 0.3) is 0 Å². The molecule has 0 aliphatic rings. The van der Waals surface area contributed by atoms with Crippen LogP contribution in [0.25, 0.3) is 0 Å². The maximum Gasteiger partial charge on any atom is 0.472 e. The zero-order valence-electron chi connectivity index (χ0n) is 36.8. The molecule has 0 saturated carbocycles. The van der Waals surface area contributed by atoms with E-state index in [0.29, 0.717) is 12.8 Å². The lowest BCUT2D eigenvalue weighted by atomic mass is 10.0. The molecule has 3 unspecified atom stereocenters. The van der Waals surface area contributed by atoms with E-state index >= 15 is 0 Å². The number of rotatable bonds is 45. The Morgan fingerprint density at radius 3 is 1.26 bits per heavy atom. The minimum atomic E-state index is -4.62. The Labute approximate surface area is 349 Å². The van der Waals surface area contributed by atoms with Gasteiger partial charge in [-0.3, -0.25) is 18.6 Å². The first-order valence-electron chi connectivity index (χ1n) is 23.6. The molecule has 338 valence electrons. The lowest BCUT2D eigenvalue weighted by Crippen LogP contribution is -2.29. The van der Waals surface area contributed by atoms with Crippen LogP contribution in [0.5, 0.6) is 0 Å². The number of hydrogen-bond acceptors (Lipinski definition) is 9. The molecule has 0 fully saturated rings. The number of carbonyl (C=O) groups is 2. The van der Waals surface area contributed by atoms with Crippen molar-refractivity contribution in [2.75, 3.05) is 26.4 Å². The average molecular weight is 833 g/mol. The molecule has 0 radical (unpaired) electrons. The van der Waals surface area contributed by atoms with Crippen LogP contribution in [-0.2, 0) is 32.7 Å². The SMILES string of the molecule is CCCCCCCC/C=C\CCCCCCCC(=O)OC(COC(=O)CCCCCCCCCCCCCCCCCCCCC)COP(=O)(O)OCC(O)CO. The summed E-state index contributed by atoms with van der Waals surface area (Å²) in [6.45, 7) is 2.41. The Bertz CT molecular complexity index is 961. The highest BCUT2D eigenvalue weighted by Crippen LogP contribution is 2.43. The summed E-state index contributed by atoms with van der Waals surface area (Å²) in [6, 6.07) is 0. The molecule has 0 spiro atoms. The lowest BCUT2D eigenvalue weighted by molar-refractivity contribution is -0.161. The summed E-state index contributed by atoms with van der Waals surface area (Å²) >= 11 is 0. The fraction of sp³-hybridized carbons (Fsp3) is 0.913. The first-order valence-corrected chi connectivity index (χ1v) is 25.1. The second kappa shape index (κ2) is 42.8. The molecule has 57 heavy (non-hydrogen) atoms. The fourth-order valence-corrected chi connectivity index (χ4v) is 7.54. The average Bonchev–Trinajstić information content (AvgIpc) is 3.20. The number of aliphatic hydroxyl groups excluding tert-OH is 2. The summed E-state index contributed by atoms with van der Waals surface area (Å²) in [5.74, 6) is -0.921. The molecule has 0 aliphatic heterocycles. The number of phosphoric acid groups is 1. The van der Waals surface area contributed by atoms with E-state index in [1.54, 1.807) is 0 Å². The van der Waals surface area contributed by atoms with Gasteiger partial charge in [0, 0.05) is 12.8 Å². The van der Waals surface area contributed by atoms with Crippen LogP contribution in [0.4, 0.5) is 0 Å². The first-order chi connectivity index (χ1) is 27.7. The zero-order chi connectivity index (χ0) is 41.9. The maximum atomic E-state index is 12.6. The van der Waals surface area contributed by atoms with Gasteiger partial charge >= 0.3 is 19.8 Å². The Morgan fingerprint density at radius 2 is 0.860 bits per heavy atom. The van der Waals surface area contributed by atoms with E-state index in [-0.39, 0.29) is 19.4 Å². The van der Waals surface area contributed by atoms with E-state index in [0.717, 1.165) is 57.8 Å². The van der Waals surface area contributed by atoms with Gasteiger partial charge in [0.15, 0.2) is 6.10 Å². The Balaban J connectivity index is 4.20. The number of carbonyl (C=O) groups excluding carboxylic acids is 2. The number of ether oxygens (including phenoxy) is 2. The van der Waals surface area contributed by atoms with Crippen LogP contribution in [0, 0.1) is 0 Å². The van der Waals surface area contributed by atoms with Crippen LogP contribution in [0.1, 0.15) is 232 Å². The highest BCUT2D eigenvalue weighted by molar-refractivity contribution is 7.47. The molecule has 11 heteroatoms. The Morgan fingerprint density at radius 1 is 0.509 bits per heavy atom. The number of esters is 2. The van der Waals surface area contributed by atoms with Crippen LogP contribution < -0.4 is 0 Å². The normalized spacial score (nSPS) is 13.8. The first kappa shape index (κ1) is 55.7. The molecule has 0 bridgehead atoms. The van der Waals surface area contributed by atoms with Gasteiger partial charge in [0.2, 0.25) is 0 Å². The van der Waals surface area contributed by atoms with E-state index in [2.05, 4.69) is 26.0 Å². The van der Waals surface area contributed by atoms with E-state index < -0.39 is 51.8 Å². The van der Waals surface area contributed by atoms with Crippen LogP contribution in [0.15, 0.2) is 12.2 Å². The van der Waals surface area contributed by atoms with Crippen molar-refractivity contribution in [1.82, 2.24) is 0 Å². The summed E-state index contributed by atoms with van der Waals surface area (Å²) in [5, 5.41) is 18.4. The summed E-state index contributed by atoms with van der Waals surface area (Å²) < 4.78 is 32.8. The van der Waals surface area contributed by atoms with Crippen molar-refractivity contribution in [2.45, 2.75) is 244 Å². The second-order valence-electron chi connectivity index (χ2n) is 16.1. The summed E-state index contributed by atoms with van der Waals surface area (Å²) in [4.78, 5) is 35.1. The molecule has 0 aromatic heterocycles. The van der Waals surface area contributed by atoms with Gasteiger partial charge in [0.05, 0.1) is 19.8 Å². The third-order valence-corrected chi connectivity index (χ3v) is 11.4. The molecule has 0 aliphatic carbocycles. The van der Waals surface area contributed by atoms with Crippen LogP contribution in [0.3, 0.4) is 0 Å². The standard InChI is InChI=1S/C46H89O10P/c1-3-5-7-9-11-13-15-17-19-20-21-22-24-25-27-29-31-33-35-37-45(49)53-41-44(42-55-57(51,52)54-40-43(48)39-47)56-46(50)38-36-34-32-30-28-26-23-18-16-14-12-10-8-6-4-2/h18,23,43-44,47-48H,3-17,19-22,24-42H2,1-2H3,(H,51,52)/b23-18-. The molecule has 3 N–H and O–H groups in total. The Kier molecular flexibility index (Phi) is 41.9. The minimum Gasteiger partial charge on any atom is -0.462 e. The quantitative estimate of drug-likeness (QED) is 0.0234. The van der Waals surface area contributed by atoms with Crippen LogP contribution in [0.2, 0.25) is 0 Å². The number of hydrogen-bond donors (Lipinski definition) is 3. The van der Waals surface area contributed by atoms with Crippen LogP contribution in [-0.4, -0.2) is 65.7 Å². The molecule has 10 nitrogen and oxygen atoms in total. The van der Waals surface area contributed by atoms with E-state index in [4.69, 9.17) is 23.6 Å². The number of allylic oxidation sites excluding steroid dienone is 2. The highest BCUT2D eigenvalue weighted by atomic mass is 31.2. The molecular weight excluding hydrogens is 743 g/mol. The lowest BCUT2D eigenvalue weighted by Gasteiger charge is -2.20. The topological polar surface area (TPSA) is 149 Å².